The van der Waals surface area contributed by atoms with Gasteiger partial charge in [-0.3, -0.25) is 0 Å². The Hall–Kier alpha value is -0.312. The standard InChI is InChI=1S/NO2.2O.Pt/c2-1-3;;;. The Kier molecular flexibility index (Phi) is 1.87. The predicted molar refractivity (Wildman–Crippen MR) is 8.37 cm³/mol. The van der Waals surface area contributed by atoms with Crippen molar-refractivity contribution in [1.29, 1.82) is 0 Å². The monoisotopic (exact) mass is 273 g/mol. The van der Waals surface area contributed by atoms with E-state index in [-0.39, 0.29) is 0 Å². The van der Waals surface area contributed by atoms with E-state index in [1.807, 2.05) is 0 Å². The van der Waals surface area contributed by atoms with Crippen molar-refractivity contribution in [2.24, 2.45) is 0 Å². The van der Waals surface area contributed by atoms with Crippen LogP contribution in [0.5, 0.6) is 0 Å². The van der Waals surface area contributed by atoms with Gasteiger partial charge in [-0.2, -0.15) is 0 Å². The second kappa shape index (κ2) is 1.97. The molecule has 0 aromatic heterocycles. The van der Waals surface area contributed by atoms with Crippen molar-refractivity contribution in [1.82, 2.24) is 0 Å². The van der Waals surface area contributed by atoms with Gasteiger partial charge < -0.3 is 0 Å². The zero-order chi connectivity index (χ0) is 5.15. The van der Waals surface area contributed by atoms with E-state index in [1.165, 1.54) is 0 Å². The SMILES string of the molecule is O=[N+]([O-])[Pt](=[O])=[O]. The zero-order valence-corrected chi connectivity index (χ0v) is 4.67. The maximum absolute atomic E-state index is 9.13. The van der Waals surface area contributed by atoms with Gasteiger partial charge in [0.2, 0.25) is 0 Å². The number of rotatable bonds is 1. The fraction of sp³-hybridized carbons (Fsp3) is 0. The van der Waals surface area contributed by atoms with Gasteiger partial charge in [0.15, 0.2) is 0 Å². The molecule has 5 nitrogen and oxygen atoms in total. The molecule has 0 rings (SSSR count). The summed E-state index contributed by atoms with van der Waals surface area (Å²) in [7, 11) is 0. The summed E-state index contributed by atoms with van der Waals surface area (Å²) in [5.74, 6) is 0. The summed E-state index contributed by atoms with van der Waals surface area (Å²) in [4.78, 5) is 8.95. The Morgan fingerprint density at radius 2 is 1.67 bits per heavy atom. The molecule has 0 aliphatic heterocycles. The normalized spacial score (nSPS) is 10.3. The minimum absolute atomic E-state index is 1.29. The van der Waals surface area contributed by atoms with Gasteiger partial charge >= 0.3 is 37.9 Å². The van der Waals surface area contributed by atoms with Gasteiger partial charge in [0.25, 0.3) is 0 Å². The van der Waals surface area contributed by atoms with Crippen LogP contribution in [-0.4, -0.2) is 3.48 Å². The van der Waals surface area contributed by atoms with Crippen LogP contribution in [0.4, 0.5) is 0 Å². The molecule has 0 fully saturated rings. The Morgan fingerprint density at radius 1 is 1.50 bits per heavy atom. The fourth-order valence-corrected chi connectivity index (χ4v) is 0. The Bertz CT molecular complexity index is 114. The van der Waals surface area contributed by atoms with Crippen molar-refractivity contribution >= 4 is 0 Å². The van der Waals surface area contributed by atoms with Crippen molar-refractivity contribution in [2.75, 3.05) is 0 Å². The molecule has 0 spiro atoms. The third kappa shape index (κ3) is 1.96. The maximum atomic E-state index is 9.13. The molecule has 0 saturated heterocycles. The van der Waals surface area contributed by atoms with Crippen LogP contribution in [0.3, 0.4) is 0 Å². The summed E-state index contributed by atoms with van der Waals surface area (Å²) in [6.07, 6.45) is 0. The molecule has 6 heavy (non-hydrogen) atoms. The molecule has 0 aliphatic rings. The van der Waals surface area contributed by atoms with E-state index in [4.69, 9.17) is 16.9 Å². The van der Waals surface area contributed by atoms with Crippen LogP contribution in [0.15, 0.2) is 0 Å². The first-order chi connectivity index (χ1) is 2.64. The average molecular weight is 273 g/mol. The van der Waals surface area contributed by atoms with Gasteiger partial charge in [-0.1, -0.05) is 0 Å². The molecule has 0 N–H and O–H groups in total. The van der Waals surface area contributed by atoms with E-state index >= 15 is 0 Å². The van der Waals surface area contributed by atoms with Crippen molar-refractivity contribution in [3.8, 4) is 0 Å². The van der Waals surface area contributed by atoms with Crippen LogP contribution < -0.4 is 0 Å². The van der Waals surface area contributed by atoms with E-state index in [0.29, 0.717) is 0 Å². The number of hydrogen-bond acceptors (Lipinski definition) is 4. The molecule has 0 aromatic rings. The van der Waals surface area contributed by atoms with Crippen LogP contribution in [0.2, 0.25) is 0 Å². The van der Waals surface area contributed by atoms with Gasteiger partial charge in [-0.25, -0.2) is 0 Å². The molecular formula is NO4Pt. The molecule has 0 aliphatic carbocycles. The average Bonchev–Trinajstić information content (AvgIpc) is 1.36. The molecule has 0 aromatic carbocycles. The molecule has 0 bridgehead atoms. The first kappa shape index (κ1) is 5.69. The first-order valence-electron chi connectivity index (χ1n) is 0.765. The number of nitrogens with zero attached hydrogens (tertiary/aromatic N) is 1. The zero-order valence-electron chi connectivity index (χ0n) is 2.40. The van der Waals surface area contributed by atoms with E-state index in [0.717, 1.165) is 0 Å². The van der Waals surface area contributed by atoms with Crippen LogP contribution in [0.25, 0.3) is 0 Å². The summed E-state index contributed by atoms with van der Waals surface area (Å²) < 4.78 is 17.0. The molecule has 0 amide bonds. The summed E-state index contributed by atoms with van der Waals surface area (Å²) in [6, 6.07) is 0. The van der Waals surface area contributed by atoms with Gasteiger partial charge in [0, 0.05) is 0 Å². The Labute approximate surface area is 38.6 Å². The van der Waals surface area contributed by atoms with Gasteiger partial charge in [-0.05, 0) is 0 Å². The van der Waals surface area contributed by atoms with Crippen LogP contribution in [0.1, 0.15) is 0 Å². The molecule has 0 saturated carbocycles. The van der Waals surface area contributed by atoms with Crippen molar-refractivity contribution in [2.45, 2.75) is 0 Å². The van der Waals surface area contributed by atoms with Gasteiger partial charge in [0.1, 0.15) is 0 Å². The molecule has 6 heteroatoms. The number of hydrogen-bond donors (Lipinski definition) is 0. The topological polar surface area (TPSA) is 77.3 Å². The second-order valence-corrected chi connectivity index (χ2v) is 2.40. The molecule has 0 heterocycles. The Balaban J connectivity index is 3.94. The molecule has 0 unspecified atom stereocenters. The predicted octanol–water partition coefficient (Wildman–Crippen LogP) is -0.513. The fourth-order valence-electron chi connectivity index (χ4n) is 0. The molecule has 0 atom stereocenters. The van der Waals surface area contributed by atoms with Crippen molar-refractivity contribution in [3.63, 3.8) is 0 Å². The third-order valence-corrected chi connectivity index (χ3v) is 0.772. The van der Waals surface area contributed by atoms with E-state index in [9.17, 15) is 0 Å². The van der Waals surface area contributed by atoms with Gasteiger partial charge in [-0.15, -0.1) is 0 Å². The quantitative estimate of drug-likeness (QED) is 0.476. The van der Waals surface area contributed by atoms with Crippen molar-refractivity contribution in [3.05, 3.63) is 10.1 Å². The van der Waals surface area contributed by atoms with E-state index in [1.54, 1.807) is 0 Å². The van der Waals surface area contributed by atoms with Gasteiger partial charge in [0.05, 0.1) is 0 Å². The van der Waals surface area contributed by atoms with Crippen molar-refractivity contribution < 1.29 is 27.8 Å². The van der Waals surface area contributed by atoms with E-state index < -0.39 is 21.0 Å². The minimum atomic E-state index is -4.17. The summed E-state index contributed by atoms with van der Waals surface area (Å²) in [6.45, 7) is 0. The summed E-state index contributed by atoms with van der Waals surface area (Å²) in [5.41, 5.74) is 0. The number of nitro groups is 1. The Morgan fingerprint density at radius 3 is 1.67 bits per heavy atom. The summed E-state index contributed by atoms with van der Waals surface area (Å²) >= 11 is -4.17. The van der Waals surface area contributed by atoms with Crippen LogP contribution in [0, 0.1) is 10.1 Å². The van der Waals surface area contributed by atoms with E-state index in [2.05, 4.69) is 0 Å². The molecular weight excluding hydrogens is 273 g/mol. The second-order valence-electron chi connectivity index (χ2n) is 0.358. The third-order valence-electron chi connectivity index (χ3n) is 0.0943. The van der Waals surface area contributed by atoms with Crippen LogP contribution in [-0.2, 0) is 24.3 Å². The molecule has 0 radical (unpaired) electrons. The first-order valence-corrected chi connectivity index (χ1v) is 3.64. The summed E-state index contributed by atoms with van der Waals surface area (Å²) in [5, 5.41) is 8.95. The molecule has 39 valence electrons. The van der Waals surface area contributed by atoms with Crippen LogP contribution >= 0.6 is 0 Å².